The Hall–Kier alpha value is -1.09. The Labute approximate surface area is 73.3 Å². The zero-order chi connectivity index (χ0) is 8.97. The Kier molecular flexibility index (Phi) is 3.05. The molecule has 0 radical (unpaired) electrons. The average molecular weight is 165 g/mol. The van der Waals surface area contributed by atoms with E-state index in [-0.39, 0.29) is 6.04 Å². The van der Waals surface area contributed by atoms with Crippen LogP contribution in [0.25, 0.3) is 0 Å². The highest BCUT2D eigenvalue weighted by Crippen LogP contribution is 2.08. The molecule has 1 saturated heterocycles. The molecule has 1 atom stereocenters. The van der Waals surface area contributed by atoms with Crippen LogP contribution >= 0.6 is 0 Å². The van der Waals surface area contributed by atoms with Gasteiger partial charge in [0.25, 0.3) is 0 Å². The lowest BCUT2D eigenvalue weighted by molar-refractivity contribution is 0.512. The first-order chi connectivity index (χ1) is 5.77. The molecule has 0 bridgehead atoms. The number of hydrogen-bond acceptors (Lipinski definition) is 2. The van der Waals surface area contributed by atoms with Crippen molar-refractivity contribution in [3.8, 4) is 0 Å². The normalized spacial score (nSPS) is 24.2. The second-order valence-electron chi connectivity index (χ2n) is 2.87. The van der Waals surface area contributed by atoms with Gasteiger partial charge in [-0.25, -0.2) is 4.99 Å². The van der Waals surface area contributed by atoms with Crippen LogP contribution in [0.15, 0.2) is 30.4 Å². The van der Waals surface area contributed by atoms with E-state index in [2.05, 4.69) is 23.1 Å². The summed E-state index contributed by atoms with van der Waals surface area (Å²) in [5.41, 5.74) is 5.76. The SMILES string of the molecule is C=CN=C(C=C)N1CCC(N)C1. The topological polar surface area (TPSA) is 41.6 Å². The Bertz CT molecular complexity index is 208. The molecule has 2 N–H and O–H groups in total. The maximum Gasteiger partial charge on any atom is 0.127 e. The van der Waals surface area contributed by atoms with Crippen molar-refractivity contribution in [2.45, 2.75) is 12.5 Å². The van der Waals surface area contributed by atoms with Gasteiger partial charge in [0.05, 0.1) is 0 Å². The zero-order valence-corrected chi connectivity index (χ0v) is 7.24. The summed E-state index contributed by atoms with van der Waals surface area (Å²) in [7, 11) is 0. The van der Waals surface area contributed by atoms with Gasteiger partial charge in [-0.15, -0.1) is 0 Å². The van der Waals surface area contributed by atoms with Crippen LogP contribution in [0.3, 0.4) is 0 Å². The van der Waals surface area contributed by atoms with E-state index in [4.69, 9.17) is 5.73 Å². The average Bonchev–Trinajstić information content (AvgIpc) is 2.47. The molecule has 0 amide bonds. The Morgan fingerprint density at radius 1 is 1.58 bits per heavy atom. The van der Waals surface area contributed by atoms with Crippen molar-refractivity contribution in [2.24, 2.45) is 10.7 Å². The minimum atomic E-state index is 0.278. The van der Waals surface area contributed by atoms with Crippen LogP contribution < -0.4 is 5.73 Å². The van der Waals surface area contributed by atoms with E-state index < -0.39 is 0 Å². The van der Waals surface area contributed by atoms with Crippen LogP contribution in [0.5, 0.6) is 0 Å². The van der Waals surface area contributed by atoms with E-state index in [0.29, 0.717) is 0 Å². The molecule has 0 aliphatic carbocycles. The van der Waals surface area contributed by atoms with E-state index in [9.17, 15) is 0 Å². The molecule has 1 rings (SSSR count). The van der Waals surface area contributed by atoms with Crippen molar-refractivity contribution in [2.75, 3.05) is 13.1 Å². The molecule has 0 saturated carbocycles. The smallest absolute Gasteiger partial charge is 0.127 e. The number of hydrogen-bond donors (Lipinski definition) is 1. The number of amidine groups is 1. The van der Waals surface area contributed by atoms with E-state index in [1.807, 2.05) is 0 Å². The molecule has 0 aromatic carbocycles. The third-order valence-electron chi connectivity index (χ3n) is 1.95. The minimum Gasteiger partial charge on any atom is -0.355 e. The fourth-order valence-corrected chi connectivity index (χ4v) is 1.35. The second kappa shape index (κ2) is 4.07. The van der Waals surface area contributed by atoms with Gasteiger partial charge in [-0.1, -0.05) is 13.2 Å². The van der Waals surface area contributed by atoms with Crippen LogP contribution in [0.2, 0.25) is 0 Å². The van der Waals surface area contributed by atoms with Gasteiger partial charge in [-0.2, -0.15) is 0 Å². The number of nitrogens with two attached hydrogens (primary N) is 1. The standard InChI is InChI=1S/C9H15N3/c1-3-9(11-4-2)12-6-5-8(10)7-12/h3-4,8H,1-2,5-7,10H2. The van der Waals surface area contributed by atoms with Gasteiger partial charge < -0.3 is 10.6 Å². The lowest BCUT2D eigenvalue weighted by Crippen LogP contribution is -2.30. The number of rotatable bonds is 2. The first kappa shape index (κ1) is 9.00. The fourth-order valence-electron chi connectivity index (χ4n) is 1.35. The zero-order valence-electron chi connectivity index (χ0n) is 7.24. The highest BCUT2D eigenvalue weighted by molar-refractivity contribution is 5.93. The fraction of sp³-hybridized carbons (Fsp3) is 0.444. The summed E-state index contributed by atoms with van der Waals surface area (Å²) < 4.78 is 0. The molecule has 1 aliphatic heterocycles. The summed E-state index contributed by atoms with van der Waals surface area (Å²) in [6, 6.07) is 0.278. The summed E-state index contributed by atoms with van der Waals surface area (Å²) >= 11 is 0. The molecule has 0 spiro atoms. The lowest BCUT2D eigenvalue weighted by Gasteiger charge is -2.16. The predicted molar refractivity (Wildman–Crippen MR) is 52.0 cm³/mol. The molecule has 66 valence electrons. The van der Waals surface area contributed by atoms with Gasteiger partial charge in [0.15, 0.2) is 0 Å². The minimum absolute atomic E-state index is 0.278. The Morgan fingerprint density at radius 3 is 2.75 bits per heavy atom. The summed E-state index contributed by atoms with van der Waals surface area (Å²) in [6.07, 6.45) is 4.30. The van der Waals surface area contributed by atoms with E-state index in [1.165, 1.54) is 6.20 Å². The van der Waals surface area contributed by atoms with Crippen LogP contribution in [0.4, 0.5) is 0 Å². The van der Waals surface area contributed by atoms with E-state index in [0.717, 1.165) is 25.3 Å². The molecule has 0 aromatic heterocycles. The third kappa shape index (κ3) is 1.95. The van der Waals surface area contributed by atoms with Crippen molar-refractivity contribution >= 4 is 5.84 Å². The van der Waals surface area contributed by atoms with Crippen molar-refractivity contribution in [3.63, 3.8) is 0 Å². The van der Waals surface area contributed by atoms with Crippen molar-refractivity contribution < 1.29 is 0 Å². The third-order valence-corrected chi connectivity index (χ3v) is 1.95. The molecule has 3 nitrogen and oxygen atoms in total. The van der Waals surface area contributed by atoms with Crippen molar-refractivity contribution in [1.29, 1.82) is 0 Å². The van der Waals surface area contributed by atoms with Gasteiger partial charge in [0.2, 0.25) is 0 Å². The van der Waals surface area contributed by atoms with Crippen LogP contribution in [0.1, 0.15) is 6.42 Å². The van der Waals surface area contributed by atoms with Gasteiger partial charge in [-0.3, -0.25) is 0 Å². The molecule has 1 fully saturated rings. The molecule has 1 aliphatic rings. The van der Waals surface area contributed by atoms with Gasteiger partial charge in [-0.05, 0) is 12.5 Å². The second-order valence-corrected chi connectivity index (χ2v) is 2.87. The highest BCUT2D eigenvalue weighted by atomic mass is 15.2. The van der Waals surface area contributed by atoms with Crippen LogP contribution in [0, 0.1) is 0 Å². The largest absolute Gasteiger partial charge is 0.355 e. The van der Waals surface area contributed by atoms with E-state index >= 15 is 0 Å². The summed E-state index contributed by atoms with van der Waals surface area (Å²) in [6.45, 7) is 9.08. The van der Waals surface area contributed by atoms with Crippen LogP contribution in [-0.4, -0.2) is 29.9 Å². The Balaban J connectivity index is 2.61. The molecule has 1 heterocycles. The van der Waals surface area contributed by atoms with Crippen LogP contribution in [-0.2, 0) is 0 Å². The summed E-state index contributed by atoms with van der Waals surface area (Å²) in [5.74, 6) is 0.873. The van der Waals surface area contributed by atoms with Gasteiger partial charge >= 0.3 is 0 Å². The maximum absolute atomic E-state index is 5.76. The first-order valence-electron chi connectivity index (χ1n) is 4.09. The van der Waals surface area contributed by atoms with Crippen molar-refractivity contribution in [1.82, 2.24) is 4.90 Å². The lowest BCUT2D eigenvalue weighted by atomic mass is 10.3. The molecular weight excluding hydrogens is 150 g/mol. The highest BCUT2D eigenvalue weighted by Gasteiger charge is 2.19. The molecule has 12 heavy (non-hydrogen) atoms. The first-order valence-corrected chi connectivity index (χ1v) is 4.09. The summed E-state index contributed by atoms with van der Waals surface area (Å²) in [5, 5.41) is 0. The number of nitrogens with zero attached hydrogens (tertiary/aromatic N) is 2. The quantitative estimate of drug-likeness (QED) is 0.484. The van der Waals surface area contributed by atoms with E-state index in [1.54, 1.807) is 6.08 Å². The predicted octanol–water partition coefficient (Wildman–Crippen LogP) is 0.747. The summed E-state index contributed by atoms with van der Waals surface area (Å²) in [4.78, 5) is 6.22. The monoisotopic (exact) mass is 165 g/mol. The number of likely N-dealkylation sites (tertiary alicyclic amines) is 1. The number of aliphatic imine (C=N–C) groups is 1. The molecular formula is C9H15N3. The maximum atomic E-state index is 5.76. The molecule has 1 unspecified atom stereocenters. The van der Waals surface area contributed by atoms with Gasteiger partial charge in [0, 0.05) is 25.3 Å². The molecule has 3 heteroatoms. The molecule has 0 aromatic rings. The van der Waals surface area contributed by atoms with Gasteiger partial charge in [0.1, 0.15) is 5.84 Å². The van der Waals surface area contributed by atoms with Crippen molar-refractivity contribution in [3.05, 3.63) is 25.4 Å². The Morgan fingerprint density at radius 2 is 2.33 bits per heavy atom.